The van der Waals surface area contributed by atoms with Gasteiger partial charge in [0.25, 0.3) is 0 Å². The summed E-state index contributed by atoms with van der Waals surface area (Å²) in [5.74, 6) is -0.203. The Balaban J connectivity index is 1.62. The van der Waals surface area contributed by atoms with Crippen LogP contribution in [0.5, 0.6) is 0 Å². The molecule has 1 saturated heterocycles. The van der Waals surface area contributed by atoms with E-state index < -0.39 is 0 Å². The van der Waals surface area contributed by atoms with Gasteiger partial charge >= 0.3 is 0 Å². The molecule has 6 heteroatoms. The summed E-state index contributed by atoms with van der Waals surface area (Å²) in [5.41, 5.74) is 3.68. The van der Waals surface area contributed by atoms with E-state index in [1.807, 2.05) is 36.5 Å². The number of halogens is 1. The molecule has 2 unspecified atom stereocenters. The molecule has 3 heterocycles. The van der Waals surface area contributed by atoms with Crippen molar-refractivity contribution < 1.29 is 4.39 Å². The summed E-state index contributed by atoms with van der Waals surface area (Å²) in [7, 11) is 0. The van der Waals surface area contributed by atoms with Crippen molar-refractivity contribution in [3.05, 3.63) is 83.7 Å². The largest absolute Gasteiger partial charge is 0.351 e. The Morgan fingerprint density at radius 3 is 2.65 bits per heavy atom. The zero-order valence-electron chi connectivity index (χ0n) is 17.7. The normalized spacial score (nSPS) is 22.0. The molecule has 1 aliphatic carbocycles. The molecule has 1 saturated carbocycles. The van der Waals surface area contributed by atoms with Crippen LogP contribution in [0.3, 0.4) is 0 Å². The Morgan fingerprint density at radius 1 is 1.06 bits per heavy atom. The van der Waals surface area contributed by atoms with Crippen LogP contribution in [0, 0.1) is 12.7 Å². The smallest absolute Gasteiger partial charge is 0.174 e. The summed E-state index contributed by atoms with van der Waals surface area (Å²) in [4.78, 5) is 6.77. The SMILES string of the molecule is Cc1cc(N2C(=S)NC(c3ccccn3)C2c2cccn2C2CCCCC2)ccc1F. The van der Waals surface area contributed by atoms with Crippen LogP contribution in [0.25, 0.3) is 0 Å². The van der Waals surface area contributed by atoms with Crippen molar-refractivity contribution in [2.45, 2.75) is 57.2 Å². The maximum atomic E-state index is 14.0. The number of rotatable bonds is 4. The standard InChI is InChI=1S/C25H27FN4S/c1-17-16-19(12-13-20(17)26)30-24(23(28-25(30)31)21-10-5-6-14-27-21)22-11-7-15-29(22)18-8-3-2-4-9-18/h5-7,10-16,18,23-24H,2-4,8-9H2,1H3,(H,28,31). The van der Waals surface area contributed by atoms with Crippen molar-refractivity contribution in [2.24, 2.45) is 0 Å². The zero-order valence-corrected chi connectivity index (χ0v) is 18.5. The van der Waals surface area contributed by atoms with Gasteiger partial charge in [0.05, 0.1) is 11.7 Å². The van der Waals surface area contributed by atoms with E-state index in [-0.39, 0.29) is 17.9 Å². The number of thiocarbonyl (C=S) groups is 1. The van der Waals surface area contributed by atoms with Crippen LogP contribution in [0.1, 0.15) is 67.2 Å². The molecule has 0 amide bonds. The molecule has 2 aliphatic rings. The third-order valence-corrected chi connectivity index (χ3v) is 6.92. The second kappa shape index (κ2) is 8.42. The number of aromatic nitrogens is 2. The van der Waals surface area contributed by atoms with E-state index in [1.165, 1.54) is 43.9 Å². The van der Waals surface area contributed by atoms with Gasteiger partial charge in [0, 0.05) is 29.8 Å². The molecule has 160 valence electrons. The number of aryl methyl sites for hydroxylation is 1. The van der Waals surface area contributed by atoms with Gasteiger partial charge in [-0.25, -0.2) is 4.39 Å². The molecule has 5 rings (SSSR count). The summed E-state index contributed by atoms with van der Waals surface area (Å²) in [5, 5.41) is 4.15. The van der Waals surface area contributed by atoms with Gasteiger partial charge in [-0.1, -0.05) is 25.3 Å². The number of nitrogens with one attached hydrogen (secondary N) is 1. The lowest BCUT2D eigenvalue weighted by Gasteiger charge is -2.32. The first-order chi connectivity index (χ1) is 15.1. The number of anilines is 1. The fourth-order valence-electron chi connectivity index (χ4n) is 5.06. The summed E-state index contributed by atoms with van der Waals surface area (Å²) >= 11 is 5.81. The molecule has 1 N–H and O–H groups in total. The lowest BCUT2D eigenvalue weighted by molar-refractivity contribution is 0.340. The van der Waals surface area contributed by atoms with Crippen LogP contribution in [-0.2, 0) is 0 Å². The fourth-order valence-corrected chi connectivity index (χ4v) is 5.41. The molecule has 0 radical (unpaired) electrons. The third kappa shape index (κ3) is 3.74. The Bertz CT molecular complexity index is 1070. The van der Waals surface area contributed by atoms with Gasteiger partial charge in [0.2, 0.25) is 0 Å². The minimum Gasteiger partial charge on any atom is -0.351 e. The van der Waals surface area contributed by atoms with Gasteiger partial charge in [-0.2, -0.15) is 0 Å². The molecular formula is C25H27FN4S. The number of hydrogen-bond donors (Lipinski definition) is 1. The number of benzene rings is 1. The summed E-state index contributed by atoms with van der Waals surface area (Å²) in [6.45, 7) is 1.79. The quantitative estimate of drug-likeness (QED) is 0.510. The van der Waals surface area contributed by atoms with Crippen LogP contribution in [0.15, 0.2) is 60.9 Å². The Labute approximate surface area is 188 Å². The summed E-state index contributed by atoms with van der Waals surface area (Å²) in [6.07, 6.45) is 10.3. The van der Waals surface area contributed by atoms with Crippen LogP contribution < -0.4 is 10.2 Å². The minimum absolute atomic E-state index is 0.0656. The van der Waals surface area contributed by atoms with Crippen LogP contribution in [0.2, 0.25) is 0 Å². The molecule has 3 aromatic rings. The second-order valence-electron chi connectivity index (χ2n) is 8.56. The predicted octanol–water partition coefficient (Wildman–Crippen LogP) is 6.01. The number of nitrogens with zero attached hydrogens (tertiary/aromatic N) is 3. The number of pyridine rings is 1. The van der Waals surface area contributed by atoms with Gasteiger partial charge in [-0.15, -0.1) is 0 Å². The average molecular weight is 435 g/mol. The summed E-state index contributed by atoms with van der Waals surface area (Å²) < 4.78 is 16.5. The lowest BCUT2D eigenvalue weighted by Crippen LogP contribution is -2.31. The van der Waals surface area contributed by atoms with E-state index in [9.17, 15) is 4.39 Å². The highest BCUT2D eigenvalue weighted by molar-refractivity contribution is 7.80. The molecule has 31 heavy (non-hydrogen) atoms. The first-order valence-electron chi connectivity index (χ1n) is 11.1. The van der Waals surface area contributed by atoms with Gasteiger partial charge in [-0.3, -0.25) is 4.98 Å². The zero-order chi connectivity index (χ0) is 21.4. The molecule has 1 aliphatic heterocycles. The van der Waals surface area contributed by atoms with Crippen molar-refractivity contribution in [3.8, 4) is 0 Å². The summed E-state index contributed by atoms with van der Waals surface area (Å²) in [6, 6.07) is 15.9. The molecule has 2 aromatic heterocycles. The molecule has 0 spiro atoms. The first-order valence-corrected chi connectivity index (χ1v) is 11.5. The first kappa shape index (κ1) is 20.2. The predicted molar refractivity (Wildman–Crippen MR) is 126 cm³/mol. The fraction of sp³-hybridized carbons (Fsp3) is 0.360. The van der Waals surface area contributed by atoms with Crippen LogP contribution in [0.4, 0.5) is 10.1 Å². The topological polar surface area (TPSA) is 33.1 Å². The van der Waals surface area contributed by atoms with E-state index in [4.69, 9.17) is 12.2 Å². The molecule has 4 nitrogen and oxygen atoms in total. The van der Waals surface area contributed by atoms with Gasteiger partial charge < -0.3 is 14.8 Å². The van der Waals surface area contributed by atoms with Gasteiger partial charge in [0.1, 0.15) is 11.9 Å². The second-order valence-corrected chi connectivity index (χ2v) is 8.95. The van der Waals surface area contributed by atoms with Crippen LogP contribution in [-0.4, -0.2) is 14.7 Å². The number of hydrogen-bond acceptors (Lipinski definition) is 2. The lowest BCUT2D eigenvalue weighted by atomic mass is 9.94. The minimum atomic E-state index is -0.203. The maximum absolute atomic E-state index is 14.0. The van der Waals surface area contributed by atoms with Gasteiger partial charge in [0.15, 0.2) is 5.11 Å². The van der Waals surface area contributed by atoms with E-state index >= 15 is 0 Å². The van der Waals surface area contributed by atoms with Crippen molar-refractivity contribution in [1.82, 2.24) is 14.9 Å². The molecule has 2 atom stereocenters. The Hall–Kier alpha value is -2.73. The van der Waals surface area contributed by atoms with E-state index in [1.54, 1.807) is 6.92 Å². The van der Waals surface area contributed by atoms with E-state index in [0.29, 0.717) is 16.7 Å². The van der Waals surface area contributed by atoms with Crippen molar-refractivity contribution in [1.29, 1.82) is 0 Å². The van der Waals surface area contributed by atoms with Crippen molar-refractivity contribution >= 4 is 23.0 Å². The van der Waals surface area contributed by atoms with Gasteiger partial charge in [-0.05, 0) is 80.0 Å². The highest BCUT2D eigenvalue weighted by Crippen LogP contribution is 2.43. The van der Waals surface area contributed by atoms with Crippen molar-refractivity contribution in [3.63, 3.8) is 0 Å². The highest BCUT2D eigenvalue weighted by atomic mass is 32.1. The average Bonchev–Trinajstić information content (AvgIpc) is 3.41. The molecule has 2 fully saturated rings. The maximum Gasteiger partial charge on any atom is 0.174 e. The van der Waals surface area contributed by atoms with Crippen LogP contribution >= 0.6 is 12.2 Å². The Morgan fingerprint density at radius 2 is 1.90 bits per heavy atom. The molecule has 0 bridgehead atoms. The monoisotopic (exact) mass is 434 g/mol. The molecule has 1 aromatic carbocycles. The highest BCUT2D eigenvalue weighted by Gasteiger charge is 2.42. The van der Waals surface area contributed by atoms with E-state index in [2.05, 4.69) is 38.1 Å². The third-order valence-electron chi connectivity index (χ3n) is 6.60. The van der Waals surface area contributed by atoms with Crippen molar-refractivity contribution in [2.75, 3.05) is 4.90 Å². The molecular weight excluding hydrogens is 407 g/mol. The Kier molecular flexibility index (Phi) is 5.48. The van der Waals surface area contributed by atoms with E-state index in [0.717, 1.165) is 11.4 Å².